The summed E-state index contributed by atoms with van der Waals surface area (Å²) in [6.07, 6.45) is 4.88. The molecule has 0 amide bonds. The molecule has 2 fully saturated rings. The Morgan fingerprint density at radius 2 is 1.83 bits per heavy atom. The van der Waals surface area contributed by atoms with E-state index in [0.29, 0.717) is 23.6 Å². The SMILES string of the molecule is Cn1c(N)c(NC(C2CC2)C2CC2)c(=O)[nH]c1=O. The van der Waals surface area contributed by atoms with Gasteiger partial charge >= 0.3 is 5.69 Å². The number of nitrogen functional groups attached to an aromatic ring is 1. The Hall–Kier alpha value is -1.72. The largest absolute Gasteiger partial charge is 0.383 e. The van der Waals surface area contributed by atoms with Gasteiger partial charge in [0, 0.05) is 13.1 Å². The fourth-order valence-electron chi connectivity index (χ4n) is 2.47. The number of aromatic amines is 1. The molecule has 2 saturated carbocycles. The smallest absolute Gasteiger partial charge is 0.329 e. The summed E-state index contributed by atoms with van der Waals surface area (Å²) in [6, 6.07) is 0.339. The number of nitrogens with one attached hydrogen (secondary N) is 2. The van der Waals surface area contributed by atoms with E-state index in [1.807, 2.05) is 0 Å². The van der Waals surface area contributed by atoms with Gasteiger partial charge in [0.2, 0.25) is 0 Å². The molecule has 0 saturated heterocycles. The molecule has 0 atom stereocenters. The van der Waals surface area contributed by atoms with Gasteiger partial charge in [-0.1, -0.05) is 0 Å². The minimum Gasteiger partial charge on any atom is -0.383 e. The minimum absolute atomic E-state index is 0.218. The van der Waals surface area contributed by atoms with Crippen molar-refractivity contribution < 1.29 is 0 Å². The second kappa shape index (κ2) is 3.90. The quantitative estimate of drug-likeness (QED) is 0.714. The first-order valence-corrected chi connectivity index (χ1v) is 6.43. The topological polar surface area (TPSA) is 92.9 Å². The van der Waals surface area contributed by atoms with E-state index in [1.54, 1.807) is 7.05 Å². The Labute approximate surface area is 104 Å². The predicted molar refractivity (Wildman–Crippen MR) is 69.6 cm³/mol. The van der Waals surface area contributed by atoms with Gasteiger partial charge in [-0.3, -0.25) is 14.3 Å². The zero-order valence-electron chi connectivity index (χ0n) is 10.4. The summed E-state index contributed by atoms with van der Waals surface area (Å²) in [4.78, 5) is 25.5. The molecule has 3 rings (SSSR count). The number of nitrogens with zero attached hydrogens (tertiary/aromatic N) is 1. The summed E-state index contributed by atoms with van der Waals surface area (Å²) in [5.74, 6) is 1.54. The highest BCUT2D eigenvalue weighted by atomic mass is 16.2. The molecule has 1 aromatic rings. The first-order chi connectivity index (χ1) is 8.58. The van der Waals surface area contributed by atoms with Crippen LogP contribution in [0.4, 0.5) is 11.5 Å². The summed E-state index contributed by atoms with van der Waals surface area (Å²) in [7, 11) is 1.56. The summed E-state index contributed by atoms with van der Waals surface area (Å²) in [6.45, 7) is 0. The van der Waals surface area contributed by atoms with Crippen molar-refractivity contribution in [3.8, 4) is 0 Å². The summed E-state index contributed by atoms with van der Waals surface area (Å²) >= 11 is 0. The molecule has 0 bridgehead atoms. The van der Waals surface area contributed by atoms with E-state index in [9.17, 15) is 9.59 Å². The maximum absolute atomic E-state index is 11.8. The number of anilines is 2. The third-order valence-electron chi connectivity index (χ3n) is 3.94. The number of hydrogen-bond acceptors (Lipinski definition) is 4. The average molecular weight is 250 g/mol. The van der Waals surface area contributed by atoms with Crippen LogP contribution in [-0.2, 0) is 7.05 Å². The number of hydrogen-bond donors (Lipinski definition) is 3. The lowest BCUT2D eigenvalue weighted by Gasteiger charge is -2.20. The molecule has 1 aromatic heterocycles. The Morgan fingerprint density at radius 1 is 1.28 bits per heavy atom. The minimum atomic E-state index is -0.475. The number of aromatic nitrogens is 2. The third-order valence-corrected chi connectivity index (χ3v) is 3.94. The molecule has 0 unspecified atom stereocenters. The zero-order valence-corrected chi connectivity index (χ0v) is 10.4. The molecular weight excluding hydrogens is 232 g/mol. The van der Waals surface area contributed by atoms with Gasteiger partial charge in [0.15, 0.2) is 0 Å². The molecule has 0 aromatic carbocycles. The number of rotatable bonds is 4. The lowest BCUT2D eigenvalue weighted by atomic mass is 10.1. The Bertz CT molecular complexity index is 569. The molecule has 6 heteroatoms. The summed E-state index contributed by atoms with van der Waals surface area (Å²) in [5.41, 5.74) is 5.31. The normalized spacial score (nSPS) is 19.2. The Balaban J connectivity index is 1.94. The molecule has 6 nitrogen and oxygen atoms in total. The molecule has 4 N–H and O–H groups in total. The van der Waals surface area contributed by atoms with Gasteiger partial charge in [-0.2, -0.15) is 0 Å². The molecule has 18 heavy (non-hydrogen) atoms. The van der Waals surface area contributed by atoms with Crippen molar-refractivity contribution in [3.63, 3.8) is 0 Å². The lowest BCUT2D eigenvalue weighted by molar-refractivity contribution is 0.566. The van der Waals surface area contributed by atoms with E-state index in [1.165, 1.54) is 30.3 Å². The monoisotopic (exact) mass is 250 g/mol. The number of H-pyrrole nitrogens is 1. The molecule has 0 radical (unpaired) electrons. The zero-order chi connectivity index (χ0) is 12.9. The van der Waals surface area contributed by atoms with Crippen LogP contribution in [0.5, 0.6) is 0 Å². The first-order valence-electron chi connectivity index (χ1n) is 6.43. The van der Waals surface area contributed by atoms with E-state index in [2.05, 4.69) is 10.3 Å². The van der Waals surface area contributed by atoms with Crippen LogP contribution in [0.15, 0.2) is 9.59 Å². The lowest BCUT2D eigenvalue weighted by Crippen LogP contribution is -2.35. The van der Waals surface area contributed by atoms with Crippen molar-refractivity contribution in [3.05, 3.63) is 20.8 Å². The van der Waals surface area contributed by atoms with Crippen LogP contribution < -0.4 is 22.3 Å². The van der Waals surface area contributed by atoms with Crippen LogP contribution in [0.1, 0.15) is 25.7 Å². The van der Waals surface area contributed by atoms with E-state index in [4.69, 9.17) is 5.73 Å². The van der Waals surface area contributed by atoms with Crippen LogP contribution in [0.2, 0.25) is 0 Å². The van der Waals surface area contributed by atoms with Crippen molar-refractivity contribution in [1.82, 2.24) is 9.55 Å². The van der Waals surface area contributed by atoms with Crippen LogP contribution in [0.3, 0.4) is 0 Å². The first kappa shape index (κ1) is 11.4. The summed E-state index contributed by atoms with van der Waals surface area (Å²) < 4.78 is 1.26. The Kier molecular flexibility index (Phi) is 2.46. The van der Waals surface area contributed by atoms with Crippen molar-refractivity contribution >= 4 is 11.5 Å². The Morgan fingerprint density at radius 3 is 2.33 bits per heavy atom. The van der Waals surface area contributed by atoms with E-state index < -0.39 is 11.2 Å². The van der Waals surface area contributed by atoms with Gasteiger partial charge < -0.3 is 11.1 Å². The maximum Gasteiger partial charge on any atom is 0.329 e. The van der Waals surface area contributed by atoms with Gasteiger partial charge in [-0.15, -0.1) is 0 Å². The van der Waals surface area contributed by atoms with E-state index in [-0.39, 0.29) is 5.82 Å². The number of nitrogens with two attached hydrogens (primary N) is 1. The molecule has 2 aliphatic carbocycles. The van der Waals surface area contributed by atoms with Gasteiger partial charge in [-0.05, 0) is 37.5 Å². The highest BCUT2D eigenvalue weighted by Gasteiger charge is 2.42. The third kappa shape index (κ3) is 1.91. The summed E-state index contributed by atoms with van der Waals surface area (Å²) in [5, 5.41) is 3.28. The molecule has 2 aliphatic rings. The van der Waals surface area contributed by atoms with Gasteiger partial charge in [0.05, 0.1) is 0 Å². The van der Waals surface area contributed by atoms with Crippen molar-refractivity contribution in [1.29, 1.82) is 0 Å². The highest BCUT2D eigenvalue weighted by Crippen LogP contribution is 2.45. The molecular formula is C12H18N4O2. The fraction of sp³-hybridized carbons (Fsp3) is 0.667. The van der Waals surface area contributed by atoms with Crippen LogP contribution in [0, 0.1) is 11.8 Å². The molecule has 98 valence electrons. The highest BCUT2D eigenvalue weighted by molar-refractivity contribution is 5.61. The van der Waals surface area contributed by atoms with Crippen LogP contribution in [-0.4, -0.2) is 15.6 Å². The van der Waals surface area contributed by atoms with Gasteiger partial charge in [-0.25, -0.2) is 4.79 Å². The van der Waals surface area contributed by atoms with E-state index in [0.717, 1.165) is 0 Å². The second-order valence-electron chi connectivity index (χ2n) is 5.42. The fourth-order valence-corrected chi connectivity index (χ4v) is 2.47. The predicted octanol–water partition coefficient (Wildman–Crippen LogP) is 0.256. The molecule has 0 spiro atoms. The van der Waals surface area contributed by atoms with Crippen molar-refractivity contribution in [2.24, 2.45) is 18.9 Å². The second-order valence-corrected chi connectivity index (χ2v) is 5.42. The van der Waals surface area contributed by atoms with Crippen LogP contribution in [0.25, 0.3) is 0 Å². The van der Waals surface area contributed by atoms with Gasteiger partial charge in [0.25, 0.3) is 5.56 Å². The molecule has 0 aliphatic heterocycles. The molecule has 1 heterocycles. The maximum atomic E-state index is 11.8. The standard InChI is InChI=1S/C12H18N4O2/c1-16-10(13)9(11(17)15-12(16)18)14-8(6-2-3-6)7-4-5-7/h6-8,14H,2-5,13H2,1H3,(H,15,17,18). The van der Waals surface area contributed by atoms with Crippen molar-refractivity contribution in [2.45, 2.75) is 31.7 Å². The average Bonchev–Trinajstić information content (AvgIpc) is 3.17. The van der Waals surface area contributed by atoms with Crippen LogP contribution >= 0.6 is 0 Å². The van der Waals surface area contributed by atoms with Gasteiger partial charge in [0.1, 0.15) is 11.5 Å². The van der Waals surface area contributed by atoms with Crippen molar-refractivity contribution in [2.75, 3.05) is 11.1 Å². The van der Waals surface area contributed by atoms with E-state index >= 15 is 0 Å².